The zero-order valence-corrected chi connectivity index (χ0v) is 26.8. The number of carbonyl (C=O) groups is 2. The van der Waals surface area contributed by atoms with E-state index in [1.165, 1.54) is 17.0 Å². The fourth-order valence-electron chi connectivity index (χ4n) is 6.84. The highest BCUT2D eigenvalue weighted by molar-refractivity contribution is 7.92. The summed E-state index contributed by atoms with van der Waals surface area (Å²) < 4.78 is 137. The Morgan fingerprint density at radius 3 is 2.09 bits per heavy atom. The van der Waals surface area contributed by atoms with E-state index in [2.05, 4.69) is 0 Å². The molecule has 47 heavy (non-hydrogen) atoms. The molecule has 0 spiro atoms. The van der Waals surface area contributed by atoms with Gasteiger partial charge in [0.2, 0.25) is 5.91 Å². The zero-order chi connectivity index (χ0) is 35.6. The fourth-order valence-corrected chi connectivity index (χ4v) is 9.21. The third kappa shape index (κ3) is 6.60. The molecule has 2 aliphatic rings. The Balaban J connectivity index is 0.00000192. The Labute approximate surface area is 268 Å². The van der Waals surface area contributed by atoms with Gasteiger partial charge in [-0.25, -0.2) is 12.8 Å². The zero-order valence-electron chi connectivity index (χ0n) is 26.0. The van der Waals surface area contributed by atoms with Crippen LogP contribution >= 0.6 is 0 Å². The lowest BCUT2D eigenvalue weighted by atomic mass is 9.76. The van der Waals surface area contributed by atoms with Crippen LogP contribution in [0.25, 0.3) is 0 Å². The molecule has 0 bridgehead atoms. The van der Waals surface area contributed by atoms with Gasteiger partial charge in [-0.1, -0.05) is 57.5 Å². The monoisotopic (exact) mass is 699 g/mol. The SMILES string of the molecule is CCCC(CCF)C(=O)N1CCC2(S(=O)(=O)c3ccc(C(C)C)cc3)c3ccc(C(F)(C(F)(F)F)C(F)(F)F)cc3CCC12.O=CO. The summed E-state index contributed by atoms with van der Waals surface area (Å²) in [6, 6.07) is 6.64. The van der Waals surface area contributed by atoms with Crippen molar-refractivity contribution >= 4 is 22.2 Å². The maximum Gasteiger partial charge on any atom is 0.435 e. The number of halogens is 8. The van der Waals surface area contributed by atoms with Crippen LogP contribution in [0.5, 0.6) is 0 Å². The third-order valence-electron chi connectivity index (χ3n) is 9.13. The van der Waals surface area contributed by atoms with Crippen LogP contribution in [0.1, 0.15) is 81.0 Å². The van der Waals surface area contributed by atoms with Crippen LogP contribution in [0.4, 0.5) is 35.1 Å². The number of sulfone groups is 1. The van der Waals surface area contributed by atoms with Crippen molar-refractivity contribution in [2.45, 2.75) is 98.9 Å². The maximum atomic E-state index is 15.0. The molecular weight excluding hydrogens is 662 g/mol. The van der Waals surface area contributed by atoms with Gasteiger partial charge in [0.05, 0.1) is 17.6 Å². The summed E-state index contributed by atoms with van der Waals surface area (Å²) in [5.74, 6) is -1.10. The number of alkyl halides is 8. The average molecular weight is 700 g/mol. The molecule has 2 aromatic carbocycles. The number of carbonyl (C=O) groups excluding carboxylic acids is 1. The van der Waals surface area contributed by atoms with E-state index < -0.39 is 62.7 Å². The number of benzene rings is 2. The number of fused-ring (bicyclic) bond motifs is 3. The molecule has 3 atom stereocenters. The molecule has 15 heteroatoms. The van der Waals surface area contributed by atoms with Gasteiger partial charge in [0.15, 0.2) is 9.84 Å². The van der Waals surface area contributed by atoms with E-state index in [-0.39, 0.29) is 60.6 Å². The molecule has 1 aliphatic carbocycles. The summed E-state index contributed by atoms with van der Waals surface area (Å²) in [6.45, 7) is 4.54. The van der Waals surface area contributed by atoms with Crippen LogP contribution in [0, 0.1) is 5.92 Å². The summed E-state index contributed by atoms with van der Waals surface area (Å²) in [6.07, 6.45) is -12.3. The van der Waals surface area contributed by atoms with Crippen LogP contribution in [-0.4, -0.2) is 62.4 Å². The number of nitrogens with zero attached hydrogens (tertiary/aromatic N) is 1. The predicted molar refractivity (Wildman–Crippen MR) is 157 cm³/mol. The van der Waals surface area contributed by atoms with Gasteiger partial charge >= 0.3 is 18.0 Å². The van der Waals surface area contributed by atoms with Crippen molar-refractivity contribution in [3.8, 4) is 0 Å². The van der Waals surface area contributed by atoms with Crippen LogP contribution in [-0.2, 0) is 36.3 Å². The fraction of sp³-hybridized carbons (Fsp3) is 0.562. The minimum Gasteiger partial charge on any atom is -0.483 e. The van der Waals surface area contributed by atoms with Crippen molar-refractivity contribution in [1.82, 2.24) is 4.90 Å². The Morgan fingerprint density at radius 2 is 1.60 bits per heavy atom. The molecular formula is C32H37F8NO5S. The van der Waals surface area contributed by atoms with Crippen molar-refractivity contribution in [3.63, 3.8) is 0 Å². The maximum absolute atomic E-state index is 15.0. The number of likely N-dealkylation sites (tertiary alicyclic amines) is 1. The average Bonchev–Trinajstić information content (AvgIpc) is 3.41. The lowest BCUT2D eigenvalue weighted by Gasteiger charge is -2.43. The molecule has 1 amide bonds. The van der Waals surface area contributed by atoms with E-state index in [9.17, 15) is 43.9 Å². The van der Waals surface area contributed by atoms with E-state index >= 15 is 4.39 Å². The first-order chi connectivity index (χ1) is 21.8. The summed E-state index contributed by atoms with van der Waals surface area (Å²) in [5, 5.41) is 6.89. The van der Waals surface area contributed by atoms with E-state index in [1.807, 2.05) is 20.8 Å². The molecule has 0 radical (unpaired) electrons. The molecule has 1 N–H and O–H groups in total. The minimum absolute atomic E-state index is 0.0648. The number of amides is 1. The van der Waals surface area contributed by atoms with Crippen molar-refractivity contribution < 1.29 is 58.2 Å². The minimum atomic E-state index is -6.33. The van der Waals surface area contributed by atoms with Crippen molar-refractivity contribution in [3.05, 3.63) is 64.7 Å². The Hall–Kier alpha value is -3.23. The smallest absolute Gasteiger partial charge is 0.435 e. The highest BCUT2D eigenvalue weighted by Gasteiger charge is 2.74. The summed E-state index contributed by atoms with van der Waals surface area (Å²) in [7, 11) is -4.44. The predicted octanol–water partition coefficient (Wildman–Crippen LogP) is 7.79. The molecule has 0 aromatic heterocycles. The van der Waals surface area contributed by atoms with Gasteiger partial charge in [-0.05, 0) is 66.8 Å². The quantitative estimate of drug-likeness (QED) is 0.213. The number of carboxylic acid groups (broad SMARTS) is 1. The summed E-state index contributed by atoms with van der Waals surface area (Å²) in [5.41, 5.74) is -6.77. The molecule has 3 unspecified atom stereocenters. The second-order valence-corrected chi connectivity index (χ2v) is 14.3. The van der Waals surface area contributed by atoms with Crippen LogP contribution in [0.15, 0.2) is 47.4 Å². The standard InChI is InChI=1S/C31H35F8NO3S.CH2O2/c1-4-5-21(14-16-32)27(41)40-17-15-28(44(42,43)24-10-6-20(7-11-24)19(2)3)25-12-9-23(18-22(25)8-13-26(28)40)29(33,30(34,35)36)31(37,38)39;2-1-3/h6-7,9-12,18-19,21,26H,4-5,8,13-17H2,1-3H3;1H,(H,2,3). The molecule has 262 valence electrons. The lowest BCUT2D eigenvalue weighted by Crippen LogP contribution is -2.53. The third-order valence-corrected chi connectivity index (χ3v) is 11.7. The first-order valence-electron chi connectivity index (χ1n) is 15.0. The Morgan fingerprint density at radius 1 is 1.02 bits per heavy atom. The second-order valence-electron chi connectivity index (χ2n) is 12.0. The van der Waals surface area contributed by atoms with Crippen LogP contribution in [0.3, 0.4) is 0 Å². The number of hydrogen-bond donors (Lipinski definition) is 1. The topological polar surface area (TPSA) is 91.8 Å². The Bertz CT molecular complexity index is 1510. The molecule has 0 saturated carbocycles. The lowest BCUT2D eigenvalue weighted by molar-refractivity contribution is -0.348. The van der Waals surface area contributed by atoms with Crippen molar-refractivity contribution in [2.24, 2.45) is 5.92 Å². The van der Waals surface area contributed by atoms with E-state index in [0.717, 1.165) is 11.6 Å². The molecule has 2 aromatic rings. The Kier molecular flexibility index (Phi) is 11.5. The van der Waals surface area contributed by atoms with Crippen LogP contribution in [0.2, 0.25) is 0 Å². The number of aryl methyl sites for hydroxylation is 1. The molecule has 1 saturated heterocycles. The van der Waals surface area contributed by atoms with Gasteiger partial charge in [-0.2, -0.15) is 26.3 Å². The molecule has 1 heterocycles. The summed E-state index contributed by atoms with van der Waals surface area (Å²) in [4.78, 5) is 23.3. The largest absolute Gasteiger partial charge is 0.483 e. The van der Waals surface area contributed by atoms with Gasteiger partial charge in [0.1, 0.15) is 4.75 Å². The molecule has 4 rings (SSSR count). The number of rotatable bonds is 9. The van der Waals surface area contributed by atoms with E-state index in [1.54, 1.807) is 12.1 Å². The summed E-state index contributed by atoms with van der Waals surface area (Å²) >= 11 is 0. The second kappa shape index (κ2) is 14.1. The molecule has 1 aliphatic heterocycles. The van der Waals surface area contributed by atoms with Gasteiger partial charge in [0, 0.05) is 18.0 Å². The van der Waals surface area contributed by atoms with Gasteiger partial charge in [0.25, 0.3) is 6.47 Å². The van der Waals surface area contributed by atoms with Gasteiger partial charge in [-0.15, -0.1) is 0 Å². The van der Waals surface area contributed by atoms with Gasteiger partial charge in [-0.3, -0.25) is 14.0 Å². The number of hydrogen-bond acceptors (Lipinski definition) is 4. The van der Waals surface area contributed by atoms with Crippen LogP contribution < -0.4 is 0 Å². The highest BCUT2D eigenvalue weighted by atomic mass is 32.2. The van der Waals surface area contributed by atoms with Crippen molar-refractivity contribution in [2.75, 3.05) is 13.2 Å². The first kappa shape index (κ1) is 38.2. The van der Waals surface area contributed by atoms with E-state index in [4.69, 9.17) is 9.90 Å². The van der Waals surface area contributed by atoms with E-state index in [0.29, 0.717) is 25.0 Å². The first-order valence-corrected chi connectivity index (χ1v) is 16.5. The normalized spacial score (nSPS) is 20.6. The highest BCUT2D eigenvalue weighted by Crippen LogP contribution is 2.57. The van der Waals surface area contributed by atoms with Crippen molar-refractivity contribution in [1.29, 1.82) is 0 Å². The van der Waals surface area contributed by atoms with Gasteiger partial charge < -0.3 is 10.0 Å². The molecule has 1 fully saturated rings. The molecule has 6 nitrogen and oxygen atoms in total.